The van der Waals surface area contributed by atoms with Gasteiger partial charge in [-0.3, -0.25) is 18.4 Å². The number of hydrogen-bond donors (Lipinski definition) is 1. The molecule has 1 N–H and O–H groups in total. The first kappa shape index (κ1) is 55.9. The van der Waals surface area contributed by atoms with E-state index in [1.54, 1.807) is 56.0 Å². The van der Waals surface area contributed by atoms with E-state index in [4.69, 9.17) is 27.9 Å². The summed E-state index contributed by atoms with van der Waals surface area (Å²) in [6, 6.07) is 13.5. The van der Waals surface area contributed by atoms with E-state index in [0.29, 0.717) is 54.7 Å². The molecule has 0 radical (unpaired) electrons. The van der Waals surface area contributed by atoms with Crippen LogP contribution in [-0.4, -0.2) is 137 Å². The number of fused-ring (bicyclic) bond motifs is 6. The zero-order chi connectivity index (χ0) is 55.7. The summed E-state index contributed by atoms with van der Waals surface area (Å²) in [4.78, 5) is 56.1. The van der Waals surface area contributed by atoms with Gasteiger partial charge in [0.1, 0.15) is 35.7 Å². The molecule has 4 aliphatic heterocycles. The van der Waals surface area contributed by atoms with E-state index in [-0.39, 0.29) is 97.5 Å². The van der Waals surface area contributed by atoms with Gasteiger partial charge in [-0.25, -0.2) is 40.4 Å². The van der Waals surface area contributed by atoms with Crippen LogP contribution < -0.4 is 9.80 Å². The molecule has 4 saturated heterocycles. The summed E-state index contributed by atoms with van der Waals surface area (Å²) in [6.45, 7) is 14.4. The van der Waals surface area contributed by atoms with E-state index in [2.05, 4.69) is 19.8 Å². The van der Waals surface area contributed by atoms with Gasteiger partial charge in [0.25, 0.3) is 11.8 Å². The van der Waals surface area contributed by atoms with Crippen LogP contribution in [0.1, 0.15) is 111 Å². The smallest absolute Gasteiger partial charge is 0.374 e. The van der Waals surface area contributed by atoms with Crippen molar-refractivity contribution in [1.82, 2.24) is 28.6 Å². The summed E-state index contributed by atoms with van der Waals surface area (Å²) < 4.78 is 89.4. The number of aliphatic hydroxyl groups excluding tert-OH is 1. The molecule has 2 amide bonds. The van der Waals surface area contributed by atoms with Gasteiger partial charge in [-0.15, -0.1) is 0 Å². The van der Waals surface area contributed by atoms with Crippen molar-refractivity contribution >= 4 is 83.3 Å². The lowest BCUT2D eigenvalue weighted by atomic mass is 10.0. The standard InChI is InChI=1S/C28H32ClFN4O5S.C26H30ClFN4O4S/c1-5-39-27(36)25-31-13-20-11-21(40(37,38)16-28(2,3)4)12-24(34(20)25)33-18-7-8-19(33)15-32(14-18)26(35)22-9-6-17(30)10-23(22)29;1-26(2,3)15-37(35,36)20-9-19-11-29-23(14-33)32(19)24(10-20)31-17-5-6-18(31)13-30(12-17)25(34)21-7-4-16(28)8-22(21)27/h6,9-13,18-19H,5,7-8,14-16H2,1-4H3;4,7-11,17-18,33H,5-6,12-15H2,1-3H3/t18-,19+;17-,18+. The van der Waals surface area contributed by atoms with E-state index in [9.17, 15) is 45.1 Å². The molecular weight excluding hydrogens is 1080 g/mol. The van der Waals surface area contributed by atoms with Crippen molar-refractivity contribution in [3.63, 3.8) is 0 Å². The molecule has 0 aliphatic carbocycles. The second kappa shape index (κ2) is 21.1. The quantitative estimate of drug-likeness (QED) is 0.121. The number of ether oxygens (including phenoxy) is 1. The predicted molar refractivity (Wildman–Crippen MR) is 288 cm³/mol. The molecule has 0 spiro atoms. The second-order valence-electron chi connectivity index (χ2n) is 22.6. The van der Waals surface area contributed by atoms with Gasteiger partial charge >= 0.3 is 5.97 Å². The van der Waals surface area contributed by atoms with Crippen LogP contribution in [0.4, 0.5) is 20.4 Å². The maximum Gasteiger partial charge on any atom is 0.374 e. The van der Waals surface area contributed by atoms with Gasteiger partial charge in [-0.1, -0.05) is 64.7 Å². The Bertz CT molecular complexity index is 3520. The highest BCUT2D eigenvalue weighted by Crippen LogP contribution is 2.41. The van der Waals surface area contributed by atoms with Crippen LogP contribution in [0, 0.1) is 22.5 Å². The van der Waals surface area contributed by atoms with Crippen LogP contribution in [-0.2, 0) is 31.0 Å². The van der Waals surface area contributed by atoms with Crippen LogP contribution in [0.25, 0.3) is 11.0 Å². The molecule has 8 heterocycles. The third-order valence-corrected chi connectivity index (χ3v) is 19.2. The van der Waals surface area contributed by atoms with Gasteiger partial charge in [0.05, 0.1) is 72.5 Å². The first-order valence-electron chi connectivity index (χ1n) is 25.5. The highest BCUT2D eigenvalue weighted by atomic mass is 35.5. The summed E-state index contributed by atoms with van der Waals surface area (Å²) >= 11 is 12.3. The number of aliphatic hydroxyl groups is 1. The van der Waals surface area contributed by atoms with Crippen LogP contribution >= 0.6 is 23.2 Å². The van der Waals surface area contributed by atoms with E-state index < -0.39 is 48.1 Å². The van der Waals surface area contributed by atoms with Crippen molar-refractivity contribution in [2.45, 2.75) is 115 Å². The van der Waals surface area contributed by atoms with Crippen LogP contribution in [0.5, 0.6) is 0 Å². The number of carbonyl (C=O) groups excluding carboxylic acids is 3. The first-order chi connectivity index (χ1) is 36.2. The Labute approximate surface area is 456 Å². The molecule has 4 aromatic heterocycles. The number of carbonyl (C=O) groups is 3. The summed E-state index contributed by atoms with van der Waals surface area (Å²) in [7, 11) is -7.26. The monoisotopic (exact) mass is 1140 g/mol. The van der Waals surface area contributed by atoms with Gasteiger partial charge in [0.2, 0.25) is 5.82 Å². The van der Waals surface area contributed by atoms with E-state index in [1.165, 1.54) is 30.5 Å². The van der Waals surface area contributed by atoms with Gasteiger partial charge in [-0.2, -0.15) is 0 Å². The summed E-state index contributed by atoms with van der Waals surface area (Å²) in [5.74, 6) is -0.603. The van der Waals surface area contributed by atoms with Crippen molar-refractivity contribution in [3.8, 4) is 0 Å². The minimum Gasteiger partial charge on any atom is -0.460 e. The molecule has 4 aliphatic rings. The number of halogens is 4. The minimum atomic E-state index is -3.67. The average Bonchev–Trinajstić information content (AvgIpc) is 4.15. The number of imidazole rings is 2. The third-order valence-electron chi connectivity index (χ3n) is 14.2. The summed E-state index contributed by atoms with van der Waals surface area (Å²) in [5, 5.41) is 10.1. The molecule has 2 aromatic carbocycles. The fourth-order valence-electron chi connectivity index (χ4n) is 11.3. The lowest BCUT2D eigenvalue weighted by Crippen LogP contribution is -2.56. The van der Waals surface area contributed by atoms with Gasteiger partial charge in [-0.05, 0) is 104 Å². The van der Waals surface area contributed by atoms with E-state index in [0.717, 1.165) is 37.8 Å². The van der Waals surface area contributed by atoms with Crippen LogP contribution in [0.3, 0.4) is 0 Å². The van der Waals surface area contributed by atoms with Gasteiger partial charge < -0.3 is 29.4 Å². The number of rotatable bonds is 11. The molecule has 4 bridgehead atoms. The van der Waals surface area contributed by atoms with Crippen LogP contribution in [0.2, 0.25) is 10.0 Å². The molecule has 10 rings (SSSR count). The predicted octanol–water partition coefficient (Wildman–Crippen LogP) is 8.55. The SMILES string of the molecule is CC(C)(C)CS(=O)(=O)c1cc(N2[C@@H]3CC[C@H]2CN(C(=O)c2ccc(F)cc2Cl)C3)n2c(CO)ncc2c1.CCOC(=O)c1ncc2cc(S(=O)(=O)CC(C)(C)C)cc(N3[C@@H]4CC[C@H]3CN(C(=O)c3ccc(F)cc3Cl)C4)n12. The number of pyridine rings is 2. The molecular formula is C54H62Cl2F2N8O9S2. The molecule has 17 nitrogen and oxygen atoms in total. The number of nitrogens with zero attached hydrogens (tertiary/aromatic N) is 8. The van der Waals surface area contributed by atoms with Crippen molar-refractivity contribution in [1.29, 1.82) is 0 Å². The maximum absolute atomic E-state index is 13.6. The first-order valence-corrected chi connectivity index (χ1v) is 29.5. The molecule has 0 unspecified atom stereocenters. The fraction of sp³-hybridized carbons (Fsp3) is 0.463. The lowest BCUT2D eigenvalue weighted by Gasteiger charge is -2.42. The van der Waals surface area contributed by atoms with Crippen LogP contribution in [0.15, 0.2) is 82.8 Å². The van der Waals surface area contributed by atoms with Crippen molar-refractivity contribution in [3.05, 3.63) is 118 Å². The molecule has 4 atom stereocenters. The molecule has 412 valence electrons. The largest absolute Gasteiger partial charge is 0.460 e. The molecule has 77 heavy (non-hydrogen) atoms. The third kappa shape index (κ3) is 11.4. The summed E-state index contributed by atoms with van der Waals surface area (Å²) in [6.07, 6.45) is 6.20. The maximum atomic E-state index is 13.6. The number of amides is 2. The van der Waals surface area contributed by atoms with Gasteiger partial charge in [0.15, 0.2) is 19.7 Å². The van der Waals surface area contributed by atoms with E-state index in [1.807, 2.05) is 41.5 Å². The molecule has 6 aromatic rings. The second-order valence-corrected chi connectivity index (χ2v) is 27.4. The number of likely N-dealkylation sites (tertiary alicyclic amines) is 2. The van der Waals surface area contributed by atoms with Gasteiger partial charge in [0, 0.05) is 50.3 Å². The molecule has 4 fully saturated rings. The Morgan fingerprint density at radius 1 is 0.636 bits per heavy atom. The normalized spacial score (nSPS) is 19.7. The van der Waals surface area contributed by atoms with Crippen molar-refractivity contribution in [2.75, 3.05) is 54.1 Å². The number of aromatic nitrogens is 4. The van der Waals surface area contributed by atoms with Crippen molar-refractivity contribution < 1.29 is 49.8 Å². The highest BCUT2D eigenvalue weighted by Gasteiger charge is 2.45. The number of piperazine rings is 2. The number of hydrogen-bond acceptors (Lipinski definition) is 13. The Hall–Kier alpha value is -5.87. The number of anilines is 2. The Morgan fingerprint density at radius 2 is 1.04 bits per heavy atom. The summed E-state index contributed by atoms with van der Waals surface area (Å²) in [5.41, 5.74) is 0.648. The molecule has 23 heteroatoms. The molecule has 0 saturated carbocycles. The fourth-order valence-corrected chi connectivity index (χ4v) is 15.6. The topological polar surface area (TPSA) is 197 Å². The number of benzene rings is 2. The van der Waals surface area contributed by atoms with E-state index >= 15 is 0 Å². The zero-order valence-electron chi connectivity index (χ0n) is 43.8. The highest BCUT2D eigenvalue weighted by molar-refractivity contribution is 7.91. The lowest BCUT2D eigenvalue weighted by molar-refractivity contribution is 0.0510. The zero-order valence-corrected chi connectivity index (χ0v) is 47.0. The average molecular weight is 1140 g/mol. The van der Waals surface area contributed by atoms with Crippen molar-refractivity contribution in [2.24, 2.45) is 10.8 Å². The number of sulfone groups is 2. The Morgan fingerprint density at radius 3 is 1.43 bits per heavy atom. The number of esters is 1. The Kier molecular flexibility index (Phi) is 15.3. The Balaban J connectivity index is 0.000000188. The minimum absolute atomic E-state index is 0.00975.